The second-order valence-corrected chi connectivity index (χ2v) is 12.8. The number of hydrogen-bond donors (Lipinski definition) is 1. The molecule has 0 aromatic heterocycles. The van der Waals surface area contributed by atoms with E-state index in [4.69, 9.17) is 32.7 Å². The number of carbonyl (C=O) groups excluding carboxylic acids is 2. The number of rotatable bonds is 12. The number of halogens is 2. The molecule has 0 radical (unpaired) electrons. The molecule has 9 nitrogen and oxygen atoms in total. The molecule has 2 atom stereocenters. The minimum Gasteiger partial charge on any atom is -0.454 e. The molecule has 42 heavy (non-hydrogen) atoms. The molecule has 0 saturated carbocycles. The van der Waals surface area contributed by atoms with Gasteiger partial charge in [-0.15, -0.1) is 0 Å². The van der Waals surface area contributed by atoms with Crippen molar-refractivity contribution in [2.45, 2.75) is 45.3 Å². The lowest BCUT2D eigenvalue weighted by Gasteiger charge is -2.34. The largest absolute Gasteiger partial charge is 0.454 e. The first-order valence-corrected chi connectivity index (χ1v) is 16.0. The van der Waals surface area contributed by atoms with Crippen molar-refractivity contribution in [3.63, 3.8) is 0 Å². The van der Waals surface area contributed by atoms with Crippen LogP contribution in [0, 0.1) is 0 Å². The van der Waals surface area contributed by atoms with Crippen LogP contribution in [-0.2, 0) is 32.6 Å². The quantitative estimate of drug-likeness (QED) is 0.299. The van der Waals surface area contributed by atoms with Crippen LogP contribution >= 0.6 is 23.2 Å². The normalized spacial score (nSPS) is 13.7. The number of fused-ring (bicyclic) bond motifs is 1. The van der Waals surface area contributed by atoms with Crippen molar-refractivity contribution in [3.8, 4) is 11.5 Å². The monoisotopic (exact) mass is 633 g/mol. The van der Waals surface area contributed by atoms with Gasteiger partial charge in [0, 0.05) is 40.7 Å². The van der Waals surface area contributed by atoms with E-state index < -0.39 is 28.5 Å². The molecular formula is C30H33Cl2N3O6S. The highest BCUT2D eigenvalue weighted by atomic mass is 35.5. The smallest absolute Gasteiger partial charge is 0.244 e. The summed E-state index contributed by atoms with van der Waals surface area (Å²) in [5.74, 6) is -0.158. The number of sulfonamides is 1. The van der Waals surface area contributed by atoms with Crippen molar-refractivity contribution in [1.29, 1.82) is 0 Å². The fourth-order valence-electron chi connectivity index (χ4n) is 4.50. The maximum Gasteiger partial charge on any atom is 0.244 e. The lowest BCUT2D eigenvalue weighted by Crippen LogP contribution is -2.54. The maximum absolute atomic E-state index is 14.2. The van der Waals surface area contributed by atoms with Gasteiger partial charge in [0.25, 0.3) is 0 Å². The van der Waals surface area contributed by atoms with E-state index in [1.165, 1.54) is 17.0 Å². The number of anilines is 1. The van der Waals surface area contributed by atoms with Gasteiger partial charge in [-0.05, 0) is 43.2 Å². The Balaban J connectivity index is 1.77. The van der Waals surface area contributed by atoms with Gasteiger partial charge >= 0.3 is 0 Å². The van der Waals surface area contributed by atoms with Crippen molar-refractivity contribution >= 4 is 50.7 Å². The van der Waals surface area contributed by atoms with E-state index in [-0.39, 0.29) is 37.4 Å². The van der Waals surface area contributed by atoms with Crippen LogP contribution in [0.2, 0.25) is 10.0 Å². The molecule has 3 aromatic rings. The highest BCUT2D eigenvalue weighted by Gasteiger charge is 2.34. The highest BCUT2D eigenvalue weighted by molar-refractivity contribution is 7.92. The molecule has 0 bridgehead atoms. The van der Waals surface area contributed by atoms with E-state index in [2.05, 4.69) is 5.32 Å². The van der Waals surface area contributed by atoms with Crippen molar-refractivity contribution in [1.82, 2.24) is 10.2 Å². The van der Waals surface area contributed by atoms with Gasteiger partial charge in [0.2, 0.25) is 28.6 Å². The Morgan fingerprint density at radius 3 is 2.29 bits per heavy atom. The molecule has 0 spiro atoms. The Morgan fingerprint density at radius 1 is 0.976 bits per heavy atom. The first-order chi connectivity index (χ1) is 20.0. The Kier molecular flexibility index (Phi) is 10.2. The molecule has 1 aliphatic rings. The second-order valence-electron chi connectivity index (χ2n) is 10.1. The Labute approximate surface area is 256 Å². The number of carbonyl (C=O) groups is 2. The van der Waals surface area contributed by atoms with E-state index in [0.717, 1.165) is 16.1 Å². The molecule has 1 heterocycles. The zero-order valence-electron chi connectivity index (χ0n) is 23.5. The van der Waals surface area contributed by atoms with Crippen LogP contribution in [0.3, 0.4) is 0 Å². The first kappa shape index (κ1) is 31.5. The fraction of sp³-hybridized carbons (Fsp3) is 0.333. The summed E-state index contributed by atoms with van der Waals surface area (Å²) in [4.78, 5) is 29.3. The van der Waals surface area contributed by atoms with E-state index in [1.807, 2.05) is 44.2 Å². The van der Waals surface area contributed by atoms with E-state index in [0.29, 0.717) is 33.5 Å². The minimum absolute atomic E-state index is 0.00935. The SMILES string of the molecule is CC[C@H](C)NC(=O)[C@@H](Cc1ccccc1)N(Cc1c(Cl)cccc1Cl)C(=O)CN(c1ccc2c(c1)OCO2)S(C)(=O)=O. The van der Waals surface area contributed by atoms with Gasteiger partial charge in [-0.1, -0.05) is 66.5 Å². The Morgan fingerprint density at radius 2 is 1.64 bits per heavy atom. The average Bonchev–Trinajstić information content (AvgIpc) is 3.42. The van der Waals surface area contributed by atoms with Gasteiger partial charge in [0.1, 0.15) is 12.6 Å². The lowest BCUT2D eigenvalue weighted by molar-refractivity contribution is -0.140. The van der Waals surface area contributed by atoms with Crippen LogP contribution in [0.5, 0.6) is 11.5 Å². The number of nitrogens with zero attached hydrogens (tertiary/aromatic N) is 2. The molecule has 0 saturated heterocycles. The Hall–Kier alpha value is -3.47. The summed E-state index contributed by atoms with van der Waals surface area (Å²) >= 11 is 13.0. The molecule has 1 N–H and O–H groups in total. The van der Waals surface area contributed by atoms with Gasteiger partial charge in [0.05, 0.1) is 11.9 Å². The van der Waals surface area contributed by atoms with Crippen molar-refractivity contribution < 1.29 is 27.5 Å². The fourth-order valence-corrected chi connectivity index (χ4v) is 5.86. The summed E-state index contributed by atoms with van der Waals surface area (Å²) in [6.07, 6.45) is 1.87. The maximum atomic E-state index is 14.2. The molecule has 4 rings (SSSR count). The molecule has 0 fully saturated rings. The Bertz CT molecular complexity index is 1520. The van der Waals surface area contributed by atoms with Gasteiger partial charge in [-0.3, -0.25) is 13.9 Å². The third kappa shape index (κ3) is 7.67. The average molecular weight is 635 g/mol. The molecule has 2 amide bonds. The zero-order chi connectivity index (χ0) is 30.4. The summed E-state index contributed by atoms with van der Waals surface area (Å²) in [7, 11) is -3.94. The summed E-state index contributed by atoms with van der Waals surface area (Å²) in [6, 6.07) is 17.7. The van der Waals surface area contributed by atoms with Crippen molar-refractivity contribution in [3.05, 3.63) is 87.9 Å². The van der Waals surface area contributed by atoms with Crippen LogP contribution < -0.4 is 19.1 Å². The van der Waals surface area contributed by atoms with Crippen LogP contribution in [0.4, 0.5) is 5.69 Å². The van der Waals surface area contributed by atoms with Crippen molar-refractivity contribution in [2.75, 3.05) is 23.9 Å². The molecule has 3 aromatic carbocycles. The first-order valence-electron chi connectivity index (χ1n) is 13.4. The van der Waals surface area contributed by atoms with Gasteiger partial charge in [-0.25, -0.2) is 8.42 Å². The van der Waals surface area contributed by atoms with E-state index in [9.17, 15) is 18.0 Å². The predicted molar refractivity (Wildman–Crippen MR) is 164 cm³/mol. The molecule has 224 valence electrons. The van der Waals surface area contributed by atoms with Crippen LogP contribution in [0.1, 0.15) is 31.4 Å². The molecule has 0 unspecified atom stereocenters. The van der Waals surface area contributed by atoms with Gasteiger partial charge in [0.15, 0.2) is 11.5 Å². The molecular weight excluding hydrogens is 601 g/mol. The highest BCUT2D eigenvalue weighted by Crippen LogP contribution is 2.36. The number of hydrogen-bond acceptors (Lipinski definition) is 6. The lowest BCUT2D eigenvalue weighted by atomic mass is 10.0. The molecule has 1 aliphatic heterocycles. The predicted octanol–water partition coefficient (Wildman–Crippen LogP) is 5.04. The van der Waals surface area contributed by atoms with Crippen LogP contribution in [0.25, 0.3) is 0 Å². The second kappa shape index (κ2) is 13.7. The summed E-state index contributed by atoms with van der Waals surface area (Å²) < 4.78 is 37.7. The minimum atomic E-state index is -3.94. The van der Waals surface area contributed by atoms with Crippen molar-refractivity contribution in [2.24, 2.45) is 0 Å². The summed E-state index contributed by atoms with van der Waals surface area (Å²) in [5, 5.41) is 3.62. The van der Waals surface area contributed by atoms with Gasteiger partial charge in [-0.2, -0.15) is 0 Å². The molecule has 12 heteroatoms. The number of nitrogens with one attached hydrogen (secondary N) is 1. The standard InChI is InChI=1S/C30H33Cl2N3O6S/c1-4-20(2)33-30(37)26(15-21-9-6-5-7-10-21)34(17-23-24(31)11-8-12-25(23)32)29(36)18-35(42(3,38)39)22-13-14-27-28(16-22)41-19-40-27/h5-14,16,20,26H,4,15,17-19H2,1-3H3,(H,33,37)/t20-,26+/m0/s1. The summed E-state index contributed by atoms with van der Waals surface area (Å²) in [6.45, 7) is 3.12. The number of ether oxygens (including phenoxy) is 2. The van der Waals surface area contributed by atoms with Crippen LogP contribution in [-0.4, -0.2) is 56.8 Å². The van der Waals surface area contributed by atoms with E-state index in [1.54, 1.807) is 24.3 Å². The number of benzene rings is 3. The third-order valence-corrected chi connectivity index (χ3v) is 8.83. The zero-order valence-corrected chi connectivity index (χ0v) is 25.9. The molecule has 0 aliphatic carbocycles. The van der Waals surface area contributed by atoms with Gasteiger partial charge < -0.3 is 19.7 Å². The topological polar surface area (TPSA) is 105 Å². The van der Waals surface area contributed by atoms with E-state index >= 15 is 0 Å². The third-order valence-electron chi connectivity index (χ3n) is 6.99. The van der Waals surface area contributed by atoms with Crippen LogP contribution in [0.15, 0.2) is 66.7 Å². The number of amides is 2. The summed E-state index contributed by atoms with van der Waals surface area (Å²) in [5.41, 5.74) is 1.48.